The number of rotatable bonds is 4. The lowest BCUT2D eigenvalue weighted by atomic mass is 9.42. The van der Waals surface area contributed by atoms with E-state index in [2.05, 4.69) is 0 Å². The van der Waals surface area contributed by atoms with Crippen LogP contribution in [-0.4, -0.2) is 84.2 Å². The summed E-state index contributed by atoms with van der Waals surface area (Å²) in [5.74, 6) is -3.08. The van der Waals surface area contributed by atoms with E-state index in [0.29, 0.717) is 17.6 Å². The highest BCUT2D eigenvalue weighted by Crippen LogP contribution is 2.65. The second kappa shape index (κ2) is 7.93. The summed E-state index contributed by atoms with van der Waals surface area (Å²) in [7, 11) is 3.00. The molecule has 200 valence electrons. The molecule has 5 aliphatic rings. The number of fused-ring (bicyclic) bond motifs is 5. The van der Waals surface area contributed by atoms with Crippen molar-refractivity contribution in [1.82, 2.24) is 0 Å². The fourth-order valence-corrected chi connectivity index (χ4v) is 8.20. The predicted octanol–water partition coefficient (Wildman–Crippen LogP) is 1.37. The number of carbonyl (C=O) groups is 3. The molecule has 36 heavy (non-hydrogen) atoms. The minimum Gasteiger partial charge on any atom is -0.457 e. The number of methoxy groups -OCH3 is 2. The molecule has 4 aliphatic carbocycles. The largest absolute Gasteiger partial charge is 0.457 e. The van der Waals surface area contributed by atoms with Gasteiger partial charge in [-0.25, -0.2) is 0 Å². The van der Waals surface area contributed by atoms with Crippen LogP contribution in [0.1, 0.15) is 53.9 Å². The van der Waals surface area contributed by atoms with Crippen LogP contribution in [0.25, 0.3) is 0 Å². The van der Waals surface area contributed by atoms with Gasteiger partial charge in [0.25, 0.3) is 0 Å². The van der Waals surface area contributed by atoms with Gasteiger partial charge in [0.05, 0.1) is 29.8 Å². The Balaban J connectivity index is 1.71. The zero-order valence-electron chi connectivity index (χ0n) is 22.1. The van der Waals surface area contributed by atoms with Crippen molar-refractivity contribution in [2.24, 2.45) is 28.6 Å². The van der Waals surface area contributed by atoms with Crippen LogP contribution in [0.15, 0.2) is 11.1 Å². The molecular weight excluding hydrogens is 468 g/mol. The number of ketones is 2. The van der Waals surface area contributed by atoms with Gasteiger partial charge >= 0.3 is 5.97 Å². The van der Waals surface area contributed by atoms with Crippen molar-refractivity contribution >= 4 is 17.5 Å². The molecule has 5 rings (SSSR count). The lowest BCUT2D eigenvalue weighted by Gasteiger charge is -2.67. The molecule has 9 nitrogen and oxygen atoms in total. The van der Waals surface area contributed by atoms with Crippen LogP contribution in [0.4, 0.5) is 0 Å². The molecular formula is C27H38O9. The third kappa shape index (κ3) is 3.04. The van der Waals surface area contributed by atoms with Crippen molar-refractivity contribution in [2.75, 3.05) is 20.8 Å². The minimum atomic E-state index is -1.49. The Kier molecular flexibility index (Phi) is 5.72. The van der Waals surface area contributed by atoms with Crippen LogP contribution in [-0.2, 0) is 33.3 Å². The van der Waals surface area contributed by atoms with Gasteiger partial charge in [-0.3, -0.25) is 14.4 Å². The van der Waals surface area contributed by atoms with E-state index in [4.69, 9.17) is 18.9 Å². The lowest BCUT2D eigenvalue weighted by molar-refractivity contribution is -0.337. The van der Waals surface area contributed by atoms with E-state index >= 15 is 0 Å². The Bertz CT molecular complexity index is 1050. The summed E-state index contributed by atoms with van der Waals surface area (Å²) >= 11 is 0. The van der Waals surface area contributed by atoms with Gasteiger partial charge in [0.2, 0.25) is 0 Å². The van der Waals surface area contributed by atoms with Gasteiger partial charge in [-0.05, 0) is 30.9 Å². The highest BCUT2D eigenvalue weighted by molar-refractivity contribution is 6.12. The highest BCUT2D eigenvalue weighted by atomic mass is 16.6. The van der Waals surface area contributed by atoms with E-state index in [1.807, 2.05) is 27.7 Å². The van der Waals surface area contributed by atoms with Crippen LogP contribution < -0.4 is 0 Å². The molecule has 1 heterocycles. The Morgan fingerprint density at radius 2 is 1.75 bits per heavy atom. The fourth-order valence-electron chi connectivity index (χ4n) is 8.20. The van der Waals surface area contributed by atoms with E-state index in [1.54, 1.807) is 14.0 Å². The van der Waals surface area contributed by atoms with Gasteiger partial charge in [0, 0.05) is 44.8 Å². The highest BCUT2D eigenvalue weighted by Gasteiger charge is 2.74. The Labute approximate surface area is 211 Å². The van der Waals surface area contributed by atoms with E-state index in [1.165, 1.54) is 7.11 Å². The monoisotopic (exact) mass is 506 g/mol. The molecule has 1 saturated heterocycles. The molecule has 0 aromatic heterocycles. The normalized spacial score (nSPS) is 49.3. The van der Waals surface area contributed by atoms with E-state index in [9.17, 15) is 24.6 Å². The maximum absolute atomic E-state index is 14.5. The van der Waals surface area contributed by atoms with Crippen molar-refractivity contribution in [3.8, 4) is 0 Å². The molecule has 1 aliphatic heterocycles. The third-order valence-electron chi connectivity index (χ3n) is 10.5. The summed E-state index contributed by atoms with van der Waals surface area (Å²) in [6.07, 6.45) is -2.36. The van der Waals surface area contributed by atoms with E-state index in [0.717, 1.165) is 0 Å². The van der Waals surface area contributed by atoms with Crippen molar-refractivity contribution < 1.29 is 43.5 Å². The molecule has 0 radical (unpaired) electrons. The van der Waals surface area contributed by atoms with E-state index < -0.39 is 70.2 Å². The first-order valence-corrected chi connectivity index (χ1v) is 12.8. The summed E-state index contributed by atoms with van der Waals surface area (Å²) in [6, 6.07) is 0. The van der Waals surface area contributed by atoms with Gasteiger partial charge in [-0.1, -0.05) is 20.8 Å². The Morgan fingerprint density at radius 1 is 1.11 bits per heavy atom. The average molecular weight is 507 g/mol. The fraction of sp³-hybridized carbons (Fsp3) is 0.815. The van der Waals surface area contributed by atoms with Crippen LogP contribution in [0.2, 0.25) is 0 Å². The number of aliphatic hydroxyl groups is 2. The minimum absolute atomic E-state index is 0.0596. The van der Waals surface area contributed by atoms with Gasteiger partial charge in [0.15, 0.2) is 5.78 Å². The SMILES string of the molecule is COC1C(=O)[C@]2(C)C(OC)CC3OC[C@@]3(O)C2C(C)C2(O)CC(OC(=O)C3CC3=O)C(C)=C1C2(C)C. The maximum atomic E-state index is 14.5. The molecule has 4 fully saturated rings. The number of carbonyl (C=O) groups excluding carboxylic acids is 3. The number of esters is 1. The first kappa shape index (κ1) is 26.0. The summed E-state index contributed by atoms with van der Waals surface area (Å²) in [6.45, 7) is 9.28. The van der Waals surface area contributed by atoms with Crippen molar-refractivity contribution in [3.05, 3.63) is 11.1 Å². The molecule has 10 atom stereocenters. The molecule has 2 bridgehead atoms. The summed E-state index contributed by atoms with van der Waals surface area (Å²) in [5, 5.41) is 24.5. The summed E-state index contributed by atoms with van der Waals surface area (Å²) < 4.78 is 23.3. The maximum Gasteiger partial charge on any atom is 0.317 e. The summed E-state index contributed by atoms with van der Waals surface area (Å²) in [5.41, 5.74) is -3.73. The van der Waals surface area contributed by atoms with Crippen molar-refractivity contribution in [2.45, 2.75) is 89.5 Å². The Hall–Kier alpha value is -1.65. The van der Waals surface area contributed by atoms with Gasteiger partial charge < -0.3 is 29.2 Å². The van der Waals surface area contributed by atoms with Gasteiger partial charge in [-0.15, -0.1) is 0 Å². The quantitative estimate of drug-likeness (QED) is 0.330. The molecule has 8 unspecified atom stereocenters. The van der Waals surface area contributed by atoms with Crippen LogP contribution in [0.5, 0.6) is 0 Å². The zero-order valence-corrected chi connectivity index (χ0v) is 22.1. The second-order valence-electron chi connectivity index (χ2n) is 12.3. The molecule has 9 heteroatoms. The standard InChI is InChI=1S/C27H38O9/c1-12-16(36-23(30)14-8-15(14)28)10-27(32)13(2)21-25(5,17(33-6)9-18-26(21,31)11-35-18)22(29)20(34-7)19(12)24(27,3)4/h13-14,16-18,20-21,31-32H,8-11H2,1-7H3/t13?,14?,16?,17?,18?,20?,21?,25-,26+,27?/m1/s1. The third-order valence-corrected chi connectivity index (χ3v) is 10.5. The van der Waals surface area contributed by atoms with Gasteiger partial charge in [-0.2, -0.15) is 0 Å². The van der Waals surface area contributed by atoms with Crippen molar-refractivity contribution in [3.63, 3.8) is 0 Å². The molecule has 0 aromatic rings. The van der Waals surface area contributed by atoms with Crippen LogP contribution in [0.3, 0.4) is 0 Å². The second-order valence-corrected chi connectivity index (χ2v) is 12.3. The predicted molar refractivity (Wildman–Crippen MR) is 126 cm³/mol. The van der Waals surface area contributed by atoms with Crippen LogP contribution in [0, 0.1) is 28.6 Å². The number of hydrogen-bond acceptors (Lipinski definition) is 9. The zero-order chi connectivity index (χ0) is 26.6. The number of hydrogen-bond donors (Lipinski definition) is 2. The lowest BCUT2D eigenvalue weighted by Crippen LogP contribution is -2.79. The molecule has 3 saturated carbocycles. The Morgan fingerprint density at radius 3 is 2.25 bits per heavy atom. The molecule has 0 amide bonds. The van der Waals surface area contributed by atoms with Gasteiger partial charge in [0.1, 0.15) is 29.5 Å². The van der Waals surface area contributed by atoms with Crippen LogP contribution >= 0.6 is 0 Å². The number of ether oxygens (including phenoxy) is 4. The molecule has 0 spiro atoms. The van der Waals surface area contributed by atoms with Crippen molar-refractivity contribution in [1.29, 1.82) is 0 Å². The molecule has 0 aromatic carbocycles. The average Bonchev–Trinajstić information content (AvgIpc) is 3.54. The van der Waals surface area contributed by atoms with E-state index in [-0.39, 0.29) is 31.0 Å². The topological polar surface area (TPSA) is 129 Å². The number of Topliss-reactive ketones (excluding diaryl/α,β-unsaturated/α-hetero) is 2. The molecule has 2 N–H and O–H groups in total. The summed E-state index contributed by atoms with van der Waals surface area (Å²) in [4.78, 5) is 38.8. The first-order chi connectivity index (χ1) is 16.7. The first-order valence-electron chi connectivity index (χ1n) is 12.8. The smallest absolute Gasteiger partial charge is 0.317 e.